The zero-order valence-electron chi connectivity index (χ0n) is 8.74. The van der Waals surface area contributed by atoms with Gasteiger partial charge in [-0.05, 0) is 31.4 Å². The molecular formula is C11H21NOS. The van der Waals surface area contributed by atoms with Gasteiger partial charge in [0, 0.05) is 17.8 Å². The van der Waals surface area contributed by atoms with E-state index >= 15 is 0 Å². The highest BCUT2D eigenvalue weighted by Gasteiger charge is 2.25. The smallest absolute Gasteiger partial charge is 0.0693 e. The van der Waals surface area contributed by atoms with Crippen LogP contribution in [0.5, 0.6) is 0 Å². The minimum atomic E-state index is -0.0873. The van der Waals surface area contributed by atoms with Crippen LogP contribution >= 0.6 is 11.8 Å². The average molecular weight is 215 g/mol. The van der Waals surface area contributed by atoms with Crippen molar-refractivity contribution in [2.45, 2.75) is 56.7 Å². The Morgan fingerprint density at radius 2 is 1.93 bits per heavy atom. The molecule has 82 valence electrons. The molecule has 0 aromatic rings. The number of nitrogens with one attached hydrogen (secondary N) is 1. The van der Waals surface area contributed by atoms with E-state index in [0.717, 1.165) is 6.42 Å². The Morgan fingerprint density at radius 3 is 2.64 bits per heavy atom. The van der Waals surface area contributed by atoms with Crippen LogP contribution < -0.4 is 5.32 Å². The Labute approximate surface area is 90.8 Å². The van der Waals surface area contributed by atoms with E-state index in [4.69, 9.17) is 0 Å². The molecule has 3 heteroatoms. The zero-order chi connectivity index (χ0) is 9.80. The van der Waals surface area contributed by atoms with Gasteiger partial charge in [-0.25, -0.2) is 0 Å². The van der Waals surface area contributed by atoms with Gasteiger partial charge in [0.2, 0.25) is 0 Å². The normalized spacial score (nSPS) is 39.6. The van der Waals surface area contributed by atoms with Gasteiger partial charge in [-0.1, -0.05) is 12.8 Å². The Morgan fingerprint density at radius 1 is 1.07 bits per heavy atom. The van der Waals surface area contributed by atoms with E-state index in [9.17, 15) is 5.11 Å². The lowest BCUT2D eigenvalue weighted by Gasteiger charge is -2.33. The van der Waals surface area contributed by atoms with E-state index < -0.39 is 0 Å². The summed E-state index contributed by atoms with van der Waals surface area (Å²) in [5, 5.41) is 13.5. The minimum absolute atomic E-state index is 0.0873. The summed E-state index contributed by atoms with van der Waals surface area (Å²) in [5.41, 5.74) is 0. The largest absolute Gasteiger partial charge is 0.392 e. The predicted molar refractivity (Wildman–Crippen MR) is 61.7 cm³/mol. The van der Waals surface area contributed by atoms with Crippen molar-refractivity contribution in [2.75, 3.05) is 11.5 Å². The van der Waals surface area contributed by atoms with E-state index in [-0.39, 0.29) is 6.10 Å². The van der Waals surface area contributed by atoms with Gasteiger partial charge in [0.1, 0.15) is 0 Å². The maximum absolute atomic E-state index is 9.83. The maximum atomic E-state index is 9.83. The Bertz CT molecular complexity index is 171. The number of rotatable bonds is 2. The van der Waals surface area contributed by atoms with Crippen LogP contribution in [0, 0.1) is 0 Å². The van der Waals surface area contributed by atoms with Crippen LogP contribution in [-0.2, 0) is 0 Å². The number of aliphatic hydroxyl groups is 1. The molecule has 14 heavy (non-hydrogen) atoms. The van der Waals surface area contributed by atoms with Crippen molar-refractivity contribution < 1.29 is 5.11 Å². The van der Waals surface area contributed by atoms with Crippen molar-refractivity contribution in [1.29, 1.82) is 0 Å². The van der Waals surface area contributed by atoms with E-state index in [1.807, 2.05) is 11.8 Å². The molecule has 2 fully saturated rings. The number of hydrogen-bond donors (Lipinski definition) is 2. The van der Waals surface area contributed by atoms with Crippen molar-refractivity contribution in [1.82, 2.24) is 5.32 Å². The van der Waals surface area contributed by atoms with Crippen LogP contribution in [0.25, 0.3) is 0 Å². The highest BCUT2D eigenvalue weighted by Crippen LogP contribution is 2.22. The van der Waals surface area contributed by atoms with Gasteiger partial charge in [0.15, 0.2) is 0 Å². The molecule has 1 heterocycles. The summed E-state index contributed by atoms with van der Waals surface area (Å²) in [4.78, 5) is 0. The monoisotopic (exact) mass is 215 g/mol. The van der Waals surface area contributed by atoms with Crippen molar-refractivity contribution >= 4 is 11.8 Å². The lowest BCUT2D eigenvalue weighted by molar-refractivity contribution is 0.0855. The fourth-order valence-electron chi connectivity index (χ4n) is 2.48. The summed E-state index contributed by atoms with van der Waals surface area (Å²) < 4.78 is 0. The first-order chi connectivity index (χ1) is 6.86. The summed E-state index contributed by atoms with van der Waals surface area (Å²) >= 11 is 2.05. The van der Waals surface area contributed by atoms with Gasteiger partial charge in [-0.3, -0.25) is 0 Å². The van der Waals surface area contributed by atoms with Gasteiger partial charge >= 0.3 is 0 Å². The lowest BCUT2D eigenvalue weighted by Crippen LogP contribution is -2.48. The molecule has 1 saturated heterocycles. The molecule has 0 spiro atoms. The SMILES string of the molecule is O[C@@H]1CCCC[C@H]1NC1CCCSC1. The van der Waals surface area contributed by atoms with Crippen molar-refractivity contribution in [3.63, 3.8) is 0 Å². The highest BCUT2D eigenvalue weighted by molar-refractivity contribution is 7.99. The molecule has 2 nitrogen and oxygen atoms in total. The molecule has 0 amide bonds. The van der Waals surface area contributed by atoms with Crippen molar-refractivity contribution in [3.05, 3.63) is 0 Å². The maximum Gasteiger partial charge on any atom is 0.0693 e. The molecule has 0 aromatic heterocycles. The van der Waals surface area contributed by atoms with Gasteiger partial charge in [-0.15, -0.1) is 0 Å². The minimum Gasteiger partial charge on any atom is -0.392 e. The Hall–Kier alpha value is 0.270. The fourth-order valence-corrected chi connectivity index (χ4v) is 3.57. The van der Waals surface area contributed by atoms with E-state index in [2.05, 4.69) is 5.32 Å². The molecule has 2 rings (SSSR count). The molecule has 0 aromatic carbocycles. The molecule has 1 unspecified atom stereocenters. The first kappa shape index (κ1) is 10.8. The fraction of sp³-hybridized carbons (Fsp3) is 1.00. The Balaban J connectivity index is 1.76. The van der Waals surface area contributed by atoms with Crippen LogP contribution in [0.4, 0.5) is 0 Å². The third-order valence-corrected chi connectivity index (χ3v) is 4.55. The second-order valence-corrected chi connectivity index (χ2v) is 5.69. The number of aliphatic hydroxyl groups excluding tert-OH is 1. The molecule has 3 atom stereocenters. The van der Waals surface area contributed by atoms with E-state index in [1.165, 1.54) is 43.6 Å². The second kappa shape index (κ2) is 5.38. The molecular weight excluding hydrogens is 194 g/mol. The van der Waals surface area contributed by atoms with Crippen LogP contribution in [-0.4, -0.2) is 34.8 Å². The van der Waals surface area contributed by atoms with Gasteiger partial charge in [0.25, 0.3) is 0 Å². The molecule has 0 bridgehead atoms. The lowest BCUT2D eigenvalue weighted by atomic mass is 9.92. The van der Waals surface area contributed by atoms with E-state index in [1.54, 1.807) is 0 Å². The number of hydrogen-bond acceptors (Lipinski definition) is 3. The van der Waals surface area contributed by atoms with Crippen LogP contribution in [0.15, 0.2) is 0 Å². The van der Waals surface area contributed by atoms with Crippen LogP contribution in [0.2, 0.25) is 0 Å². The summed E-state index contributed by atoms with van der Waals surface area (Å²) in [6.45, 7) is 0. The molecule has 1 saturated carbocycles. The predicted octanol–water partition coefficient (Wildman–Crippen LogP) is 1.78. The highest BCUT2D eigenvalue weighted by atomic mass is 32.2. The van der Waals surface area contributed by atoms with Crippen molar-refractivity contribution in [2.24, 2.45) is 0 Å². The topological polar surface area (TPSA) is 32.3 Å². The summed E-state index contributed by atoms with van der Waals surface area (Å²) in [6.07, 6.45) is 7.21. The quantitative estimate of drug-likeness (QED) is 0.736. The van der Waals surface area contributed by atoms with Crippen LogP contribution in [0.1, 0.15) is 38.5 Å². The first-order valence-corrected chi connectivity index (χ1v) is 7.03. The van der Waals surface area contributed by atoms with Gasteiger partial charge in [0.05, 0.1) is 6.10 Å². The Kier molecular flexibility index (Phi) is 4.14. The summed E-state index contributed by atoms with van der Waals surface area (Å²) in [6, 6.07) is 1.04. The first-order valence-electron chi connectivity index (χ1n) is 5.88. The standard InChI is InChI=1S/C11H21NOS/c13-11-6-2-1-5-10(11)12-9-4-3-7-14-8-9/h9-13H,1-8H2/t9?,10-,11-/m1/s1. The molecule has 1 aliphatic heterocycles. The molecule has 2 aliphatic rings. The molecule has 1 aliphatic carbocycles. The zero-order valence-corrected chi connectivity index (χ0v) is 9.56. The van der Waals surface area contributed by atoms with Crippen LogP contribution in [0.3, 0.4) is 0 Å². The average Bonchev–Trinajstić information content (AvgIpc) is 2.23. The van der Waals surface area contributed by atoms with E-state index in [0.29, 0.717) is 12.1 Å². The van der Waals surface area contributed by atoms with Crippen molar-refractivity contribution in [3.8, 4) is 0 Å². The van der Waals surface area contributed by atoms with Gasteiger partial charge in [-0.2, -0.15) is 11.8 Å². The summed E-state index contributed by atoms with van der Waals surface area (Å²) in [7, 11) is 0. The second-order valence-electron chi connectivity index (χ2n) is 4.54. The number of thioether (sulfide) groups is 1. The molecule has 2 N–H and O–H groups in total. The van der Waals surface area contributed by atoms with Gasteiger partial charge < -0.3 is 10.4 Å². The third-order valence-electron chi connectivity index (χ3n) is 3.34. The summed E-state index contributed by atoms with van der Waals surface area (Å²) in [5.74, 6) is 2.56. The third kappa shape index (κ3) is 2.88. The molecule has 0 radical (unpaired) electrons.